The predicted octanol–water partition coefficient (Wildman–Crippen LogP) is 1.67. The monoisotopic (exact) mass is 333 g/mol. The van der Waals surface area contributed by atoms with Crippen molar-refractivity contribution in [3.05, 3.63) is 32.8 Å². The molecule has 0 amide bonds. The Labute approximate surface area is 127 Å². The molecule has 0 aromatic heterocycles. The second kappa shape index (κ2) is 5.53. The van der Waals surface area contributed by atoms with Gasteiger partial charge in [0, 0.05) is 30.3 Å². The topological polar surface area (TPSA) is 107 Å². The van der Waals surface area contributed by atoms with E-state index in [4.69, 9.17) is 17.3 Å². The average Bonchev–Trinajstić information content (AvgIpc) is 2.73. The quantitative estimate of drug-likeness (QED) is 0.668. The summed E-state index contributed by atoms with van der Waals surface area (Å²) in [5.41, 5.74) is 5.77. The third kappa shape index (κ3) is 2.76. The summed E-state index contributed by atoms with van der Waals surface area (Å²) in [5, 5.41) is 11.1. The molecule has 2 N–H and O–H groups in total. The standard InChI is InChI=1S/C12H16ClN3O4S/c1-7-10(13)5-9(6-12(7)16(17)18)21(19,20)15-4-3-11(14)8(15)2/h5-6,8,11H,3-4,14H2,1-2H3. The Morgan fingerprint density at radius 1 is 1.48 bits per heavy atom. The Balaban J connectivity index is 2.53. The predicted molar refractivity (Wildman–Crippen MR) is 78.8 cm³/mol. The molecule has 2 rings (SSSR count). The van der Waals surface area contributed by atoms with Gasteiger partial charge in [0.1, 0.15) is 0 Å². The van der Waals surface area contributed by atoms with Crippen molar-refractivity contribution in [2.45, 2.75) is 37.2 Å². The van der Waals surface area contributed by atoms with Crippen LogP contribution in [-0.2, 0) is 10.0 Å². The van der Waals surface area contributed by atoms with Crippen molar-refractivity contribution in [3.63, 3.8) is 0 Å². The number of benzene rings is 1. The van der Waals surface area contributed by atoms with Crippen LogP contribution in [0, 0.1) is 17.0 Å². The molecule has 0 spiro atoms. The highest BCUT2D eigenvalue weighted by Crippen LogP contribution is 2.32. The largest absolute Gasteiger partial charge is 0.326 e. The minimum absolute atomic E-state index is 0.0546. The fraction of sp³-hybridized carbons (Fsp3) is 0.500. The molecular formula is C12H16ClN3O4S. The number of hydrogen-bond donors (Lipinski definition) is 1. The number of nitrogens with zero attached hydrogens (tertiary/aromatic N) is 2. The van der Waals surface area contributed by atoms with Gasteiger partial charge in [-0.1, -0.05) is 11.6 Å². The van der Waals surface area contributed by atoms with Gasteiger partial charge >= 0.3 is 0 Å². The second-order valence-corrected chi connectivity index (χ2v) is 7.41. The van der Waals surface area contributed by atoms with Gasteiger partial charge in [0.05, 0.1) is 14.8 Å². The van der Waals surface area contributed by atoms with Crippen molar-refractivity contribution >= 4 is 27.3 Å². The zero-order valence-electron chi connectivity index (χ0n) is 11.6. The van der Waals surface area contributed by atoms with E-state index in [9.17, 15) is 18.5 Å². The van der Waals surface area contributed by atoms with E-state index in [0.717, 1.165) is 6.07 Å². The summed E-state index contributed by atoms with van der Waals surface area (Å²) >= 11 is 5.93. The Morgan fingerprint density at radius 2 is 2.10 bits per heavy atom. The van der Waals surface area contributed by atoms with Crippen LogP contribution in [0.1, 0.15) is 18.9 Å². The lowest BCUT2D eigenvalue weighted by atomic mass is 10.2. The molecule has 1 aromatic rings. The molecule has 1 heterocycles. The number of hydrogen-bond acceptors (Lipinski definition) is 5. The first-order valence-corrected chi connectivity index (χ1v) is 8.20. The summed E-state index contributed by atoms with van der Waals surface area (Å²) in [4.78, 5) is 10.2. The van der Waals surface area contributed by atoms with E-state index in [-0.39, 0.29) is 33.3 Å². The van der Waals surface area contributed by atoms with Gasteiger partial charge in [0.15, 0.2) is 0 Å². The first-order valence-electron chi connectivity index (χ1n) is 6.38. The minimum atomic E-state index is -3.85. The molecule has 9 heteroatoms. The molecule has 1 aliphatic rings. The highest BCUT2D eigenvalue weighted by atomic mass is 35.5. The number of nitrogens with two attached hydrogens (primary N) is 1. The SMILES string of the molecule is Cc1c(Cl)cc(S(=O)(=O)N2CCC(N)C2C)cc1[N+](=O)[O-]. The van der Waals surface area contributed by atoms with Gasteiger partial charge in [-0.15, -0.1) is 0 Å². The fourth-order valence-corrected chi connectivity index (χ4v) is 4.40. The lowest BCUT2D eigenvalue weighted by Crippen LogP contribution is -2.40. The van der Waals surface area contributed by atoms with E-state index in [1.807, 2.05) is 0 Å². The molecule has 21 heavy (non-hydrogen) atoms. The smallest absolute Gasteiger partial charge is 0.275 e. The van der Waals surface area contributed by atoms with E-state index in [1.54, 1.807) is 6.92 Å². The Hall–Kier alpha value is -1.22. The fourth-order valence-electron chi connectivity index (χ4n) is 2.39. The molecule has 2 unspecified atom stereocenters. The molecule has 116 valence electrons. The maximum atomic E-state index is 12.6. The third-order valence-electron chi connectivity index (χ3n) is 3.85. The lowest BCUT2D eigenvalue weighted by Gasteiger charge is -2.22. The molecule has 1 aromatic carbocycles. The van der Waals surface area contributed by atoms with Gasteiger partial charge in [-0.3, -0.25) is 10.1 Å². The lowest BCUT2D eigenvalue weighted by molar-refractivity contribution is -0.385. The van der Waals surface area contributed by atoms with E-state index >= 15 is 0 Å². The maximum absolute atomic E-state index is 12.6. The van der Waals surface area contributed by atoms with E-state index in [1.165, 1.54) is 17.3 Å². The van der Waals surface area contributed by atoms with Crippen molar-refractivity contribution < 1.29 is 13.3 Å². The second-order valence-electron chi connectivity index (χ2n) is 5.12. The van der Waals surface area contributed by atoms with Crippen LogP contribution in [0.2, 0.25) is 5.02 Å². The van der Waals surface area contributed by atoms with Crippen molar-refractivity contribution in [2.75, 3.05) is 6.54 Å². The minimum Gasteiger partial charge on any atom is -0.326 e. The Bertz CT molecular complexity index is 692. The molecule has 0 aliphatic carbocycles. The Morgan fingerprint density at radius 3 is 2.57 bits per heavy atom. The van der Waals surface area contributed by atoms with Gasteiger partial charge in [-0.05, 0) is 26.3 Å². The van der Waals surface area contributed by atoms with Crippen LogP contribution in [0.15, 0.2) is 17.0 Å². The first-order chi connectivity index (χ1) is 9.66. The van der Waals surface area contributed by atoms with Crippen LogP contribution in [0.3, 0.4) is 0 Å². The number of nitro benzene ring substituents is 1. The van der Waals surface area contributed by atoms with Crippen molar-refractivity contribution in [2.24, 2.45) is 5.73 Å². The van der Waals surface area contributed by atoms with Crippen LogP contribution < -0.4 is 5.73 Å². The van der Waals surface area contributed by atoms with Gasteiger partial charge in [0.25, 0.3) is 5.69 Å². The van der Waals surface area contributed by atoms with Crippen molar-refractivity contribution in [1.29, 1.82) is 0 Å². The van der Waals surface area contributed by atoms with Gasteiger partial charge in [-0.25, -0.2) is 8.42 Å². The maximum Gasteiger partial charge on any atom is 0.275 e. The highest BCUT2D eigenvalue weighted by Gasteiger charge is 2.38. The number of sulfonamides is 1. The normalized spacial score (nSPS) is 23.4. The summed E-state index contributed by atoms with van der Waals surface area (Å²) in [7, 11) is -3.85. The zero-order chi connectivity index (χ0) is 15.9. The van der Waals surface area contributed by atoms with Gasteiger partial charge in [-0.2, -0.15) is 4.31 Å². The summed E-state index contributed by atoms with van der Waals surface area (Å²) in [6.07, 6.45) is 0.558. The summed E-state index contributed by atoms with van der Waals surface area (Å²) in [6.45, 7) is 3.49. The summed E-state index contributed by atoms with van der Waals surface area (Å²) < 4.78 is 26.5. The van der Waals surface area contributed by atoms with Crippen LogP contribution in [-0.4, -0.2) is 36.3 Å². The van der Waals surface area contributed by atoms with Gasteiger partial charge in [0.2, 0.25) is 10.0 Å². The number of rotatable bonds is 3. The molecule has 0 bridgehead atoms. The molecule has 1 fully saturated rings. The van der Waals surface area contributed by atoms with E-state index in [0.29, 0.717) is 13.0 Å². The van der Waals surface area contributed by atoms with Gasteiger partial charge < -0.3 is 5.73 Å². The molecular weight excluding hydrogens is 318 g/mol. The Kier molecular flexibility index (Phi) is 4.25. The van der Waals surface area contributed by atoms with Crippen molar-refractivity contribution in [3.8, 4) is 0 Å². The molecule has 0 radical (unpaired) electrons. The van der Waals surface area contributed by atoms with E-state index < -0.39 is 14.9 Å². The number of nitro groups is 1. The number of halogens is 1. The third-order valence-corrected chi connectivity index (χ3v) is 6.21. The molecule has 7 nitrogen and oxygen atoms in total. The van der Waals surface area contributed by atoms with E-state index in [2.05, 4.69) is 0 Å². The molecule has 1 saturated heterocycles. The average molecular weight is 334 g/mol. The van der Waals surface area contributed by atoms with Crippen LogP contribution >= 0.6 is 11.6 Å². The summed E-state index contributed by atoms with van der Waals surface area (Å²) in [6, 6.07) is 1.70. The zero-order valence-corrected chi connectivity index (χ0v) is 13.2. The molecule has 2 atom stereocenters. The van der Waals surface area contributed by atoms with Crippen LogP contribution in [0.5, 0.6) is 0 Å². The molecule has 1 aliphatic heterocycles. The van der Waals surface area contributed by atoms with Crippen LogP contribution in [0.25, 0.3) is 0 Å². The highest BCUT2D eigenvalue weighted by molar-refractivity contribution is 7.89. The first kappa shape index (κ1) is 16.2. The van der Waals surface area contributed by atoms with Crippen molar-refractivity contribution in [1.82, 2.24) is 4.31 Å². The van der Waals surface area contributed by atoms with Crippen LogP contribution in [0.4, 0.5) is 5.69 Å². The summed E-state index contributed by atoms with van der Waals surface area (Å²) in [5.74, 6) is 0. The molecule has 0 saturated carbocycles.